The molecule has 0 bridgehead atoms. The van der Waals surface area contributed by atoms with Gasteiger partial charge in [0.25, 0.3) is 5.91 Å². The second kappa shape index (κ2) is 6.11. The second-order valence-corrected chi connectivity index (χ2v) is 5.67. The number of aromatic nitrogens is 3. The Bertz CT molecular complexity index is 627. The highest BCUT2D eigenvalue weighted by atomic mass is 16.4. The smallest absolute Gasteiger partial charge is 0.273 e. The van der Waals surface area contributed by atoms with E-state index >= 15 is 0 Å². The summed E-state index contributed by atoms with van der Waals surface area (Å²) in [5, 5.41) is 7.23. The van der Waals surface area contributed by atoms with Gasteiger partial charge >= 0.3 is 0 Å². The van der Waals surface area contributed by atoms with Crippen LogP contribution in [0.3, 0.4) is 0 Å². The van der Waals surface area contributed by atoms with E-state index in [1.54, 1.807) is 6.92 Å². The molecule has 0 radical (unpaired) electrons. The predicted octanol–water partition coefficient (Wildman–Crippen LogP) is 2.43. The number of carbonyl (C=O) groups is 1. The molecule has 2 rings (SSSR count). The molecule has 0 aliphatic heterocycles. The molecule has 0 saturated heterocycles. The minimum Gasteiger partial charge on any atom is -0.445 e. The molecule has 2 aromatic heterocycles. The fraction of sp³-hybridized carbons (Fsp3) is 0.533. The maximum Gasteiger partial charge on any atom is 0.273 e. The highest BCUT2D eigenvalue weighted by Crippen LogP contribution is 2.17. The lowest BCUT2D eigenvalue weighted by Gasteiger charge is -2.13. The molecule has 6 nitrogen and oxygen atoms in total. The molecule has 0 aliphatic rings. The van der Waals surface area contributed by atoms with Crippen LogP contribution in [0.1, 0.15) is 54.5 Å². The number of amides is 1. The average molecular weight is 290 g/mol. The lowest BCUT2D eigenvalue weighted by molar-refractivity contribution is 0.0930. The standard InChI is InChI=1S/C15H22N4O2/c1-9(2)15-17-13(12(5)21-15)14(20)16-11(4)8-19-7-6-10(3)18-19/h6-7,9,11H,8H2,1-5H3,(H,16,20)/t11-/m0/s1. The normalized spacial score (nSPS) is 12.7. The molecule has 0 aromatic carbocycles. The fourth-order valence-electron chi connectivity index (χ4n) is 2.06. The van der Waals surface area contributed by atoms with Gasteiger partial charge in [0.2, 0.25) is 0 Å². The van der Waals surface area contributed by atoms with Crippen molar-refractivity contribution in [1.82, 2.24) is 20.1 Å². The molecular formula is C15H22N4O2. The van der Waals surface area contributed by atoms with Gasteiger partial charge in [0.15, 0.2) is 11.6 Å². The van der Waals surface area contributed by atoms with Gasteiger partial charge in [-0.3, -0.25) is 9.48 Å². The zero-order valence-corrected chi connectivity index (χ0v) is 13.2. The zero-order valence-electron chi connectivity index (χ0n) is 13.2. The van der Waals surface area contributed by atoms with Crippen LogP contribution in [0.25, 0.3) is 0 Å². The van der Waals surface area contributed by atoms with Gasteiger partial charge in [-0.1, -0.05) is 13.8 Å². The van der Waals surface area contributed by atoms with Crippen molar-refractivity contribution in [2.24, 2.45) is 0 Å². The third-order valence-corrected chi connectivity index (χ3v) is 3.13. The van der Waals surface area contributed by atoms with Gasteiger partial charge in [-0.25, -0.2) is 4.98 Å². The monoisotopic (exact) mass is 290 g/mol. The van der Waals surface area contributed by atoms with Crippen molar-refractivity contribution in [3.63, 3.8) is 0 Å². The molecule has 0 spiro atoms. The van der Waals surface area contributed by atoms with Gasteiger partial charge in [0.1, 0.15) is 5.76 Å². The molecule has 1 amide bonds. The lowest BCUT2D eigenvalue weighted by atomic mass is 10.2. The van der Waals surface area contributed by atoms with Crippen molar-refractivity contribution < 1.29 is 9.21 Å². The van der Waals surface area contributed by atoms with E-state index in [0.717, 1.165) is 5.69 Å². The van der Waals surface area contributed by atoms with Crippen LogP contribution in [0.2, 0.25) is 0 Å². The summed E-state index contributed by atoms with van der Waals surface area (Å²) in [6.07, 6.45) is 1.90. The van der Waals surface area contributed by atoms with E-state index in [0.29, 0.717) is 23.9 Å². The first-order chi connectivity index (χ1) is 9.86. The number of rotatable bonds is 5. The summed E-state index contributed by atoms with van der Waals surface area (Å²) in [5.41, 5.74) is 1.32. The molecule has 0 unspecified atom stereocenters. The van der Waals surface area contributed by atoms with Gasteiger partial charge in [-0.2, -0.15) is 5.10 Å². The van der Waals surface area contributed by atoms with Crippen molar-refractivity contribution in [2.75, 3.05) is 0 Å². The summed E-state index contributed by atoms with van der Waals surface area (Å²) >= 11 is 0. The Morgan fingerprint density at radius 2 is 2.10 bits per heavy atom. The highest BCUT2D eigenvalue weighted by Gasteiger charge is 2.20. The molecule has 21 heavy (non-hydrogen) atoms. The Morgan fingerprint density at radius 3 is 2.62 bits per heavy atom. The summed E-state index contributed by atoms with van der Waals surface area (Å²) in [5.74, 6) is 1.10. The summed E-state index contributed by atoms with van der Waals surface area (Å²) in [7, 11) is 0. The number of hydrogen-bond acceptors (Lipinski definition) is 4. The zero-order chi connectivity index (χ0) is 15.6. The van der Waals surface area contributed by atoms with Gasteiger partial charge in [0, 0.05) is 18.2 Å². The lowest BCUT2D eigenvalue weighted by Crippen LogP contribution is -2.36. The van der Waals surface area contributed by atoms with E-state index < -0.39 is 0 Å². The number of carbonyl (C=O) groups excluding carboxylic acids is 1. The summed E-state index contributed by atoms with van der Waals surface area (Å²) < 4.78 is 7.33. The van der Waals surface area contributed by atoms with Crippen LogP contribution in [-0.4, -0.2) is 26.7 Å². The first kappa shape index (κ1) is 15.3. The van der Waals surface area contributed by atoms with Crippen LogP contribution in [0.4, 0.5) is 0 Å². The molecule has 0 saturated carbocycles. The van der Waals surface area contributed by atoms with Gasteiger partial charge in [-0.15, -0.1) is 0 Å². The Labute approximate surface area is 124 Å². The quantitative estimate of drug-likeness (QED) is 0.918. The van der Waals surface area contributed by atoms with Crippen LogP contribution in [0.5, 0.6) is 0 Å². The van der Waals surface area contributed by atoms with Crippen molar-refractivity contribution in [1.29, 1.82) is 0 Å². The van der Waals surface area contributed by atoms with Crippen LogP contribution < -0.4 is 5.32 Å². The van der Waals surface area contributed by atoms with Gasteiger partial charge < -0.3 is 9.73 Å². The first-order valence-corrected chi connectivity index (χ1v) is 7.15. The molecule has 2 aromatic rings. The Kier molecular flexibility index (Phi) is 4.45. The van der Waals surface area contributed by atoms with Crippen molar-refractivity contribution in [2.45, 2.75) is 53.1 Å². The molecule has 0 fully saturated rings. The molecule has 1 atom stereocenters. The minimum atomic E-state index is -0.209. The van der Waals surface area contributed by atoms with Crippen LogP contribution in [0, 0.1) is 13.8 Å². The largest absolute Gasteiger partial charge is 0.445 e. The number of aryl methyl sites for hydroxylation is 2. The van der Waals surface area contributed by atoms with Gasteiger partial charge in [0.05, 0.1) is 12.2 Å². The van der Waals surface area contributed by atoms with E-state index in [1.165, 1.54) is 0 Å². The highest BCUT2D eigenvalue weighted by molar-refractivity contribution is 5.93. The molecule has 1 N–H and O–H groups in total. The van der Waals surface area contributed by atoms with E-state index in [9.17, 15) is 4.79 Å². The fourth-order valence-corrected chi connectivity index (χ4v) is 2.06. The number of nitrogens with zero attached hydrogens (tertiary/aromatic N) is 3. The van der Waals surface area contributed by atoms with E-state index in [-0.39, 0.29) is 17.9 Å². The van der Waals surface area contributed by atoms with E-state index in [1.807, 2.05) is 44.6 Å². The first-order valence-electron chi connectivity index (χ1n) is 7.15. The van der Waals surface area contributed by atoms with Crippen LogP contribution >= 0.6 is 0 Å². The van der Waals surface area contributed by atoms with Crippen LogP contribution in [0.15, 0.2) is 16.7 Å². The average Bonchev–Trinajstić information content (AvgIpc) is 2.95. The number of oxazole rings is 1. The molecular weight excluding hydrogens is 268 g/mol. The number of hydrogen-bond donors (Lipinski definition) is 1. The topological polar surface area (TPSA) is 73.0 Å². The molecule has 0 aliphatic carbocycles. The van der Waals surface area contributed by atoms with Crippen LogP contribution in [-0.2, 0) is 6.54 Å². The Morgan fingerprint density at radius 1 is 1.38 bits per heavy atom. The molecule has 2 heterocycles. The molecule has 6 heteroatoms. The van der Waals surface area contributed by atoms with Crippen molar-refractivity contribution in [3.05, 3.63) is 35.3 Å². The van der Waals surface area contributed by atoms with Crippen molar-refractivity contribution >= 4 is 5.91 Å². The Hall–Kier alpha value is -2.11. The van der Waals surface area contributed by atoms with Crippen molar-refractivity contribution in [3.8, 4) is 0 Å². The number of nitrogens with one attached hydrogen (secondary N) is 1. The van der Waals surface area contributed by atoms with E-state index in [4.69, 9.17) is 4.42 Å². The minimum absolute atomic E-state index is 0.0459. The summed E-state index contributed by atoms with van der Waals surface area (Å²) in [6, 6.07) is 1.89. The molecule has 114 valence electrons. The second-order valence-electron chi connectivity index (χ2n) is 5.67. The third kappa shape index (κ3) is 3.71. The SMILES string of the molecule is Cc1ccn(C[C@H](C)NC(=O)c2nc(C(C)C)oc2C)n1. The Balaban J connectivity index is 2.00. The summed E-state index contributed by atoms with van der Waals surface area (Å²) in [6.45, 7) is 10.2. The van der Waals surface area contributed by atoms with Gasteiger partial charge in [-0.05, 0) is 26.8 Å². The third-order valence-electron chi connectivity index (χ3n) is 3.13. The summed E-state index contributed by atoms with van der Waals surface area (Å²) in [4.78, 5) is 16.5. The maximum atomic E-state index is 12.2. The van der Waals surface area contributed by atoms with E-state index in [2.05, 4.69) is 15.4 Å². The predicted molar refractivity (Wildman–Crippen MR) is 79.2 cm³/mol. The maximum absolute atomic E-state index is 12.2.